The Balaban J connectivity index is 2.14. The van der Waals surface area contributed by atoms with Crippen LogP contribution in [-0.2, 0) is 6.42 Å². The lowest BCUT2D eigenvalue weighted by atomic mass is 10.0. The second-order valence-electron chi connectivity index (χ2n) is 4.39. The van der Waals surface area contributed by atoms with E-state index in [2.05, 4.69) is 36.2 Å². The Morgan fingerprint density at radius 3 is 2.35 bits per heavy atom. The number of aromatic nitrogens is 1. The first-order valence-electron chi connectivity index (χ1n) is 5.74. The topological polar surface area (TPSA) is 33.1 Å². The van der Waals surface area contributed by atoms with Gasteiger partial charge < -0.3 is 5.11 Å². The summed E-state index contributed by atoms with van der Waals surface area (Å²) in [5, 5.41) is 11.2. The van der Waals surface area contributed by atoms with Crippen molar-refractivity contribution in [3.05, 3.63) is 51.0 Å². The van der Waals surface area contributed by atoms with Crippen LogP contribution in [0, 0.1) is 20.8 Å². The Hall–Kier alpha value is -1.19. The lowest BCUT2D eigenvalue weighted by Gasteiger charge is -2.09. The molecule has 1 atom stereocenters. The minimum absolute atomic E-state index is 0.441. The molecule has 0 fully saturated rings. The van der Waals surface area contributed by atoms with Crippen LogP contribution in [0.2, 0.25) is 0 Å². The summed E-state index contributed by atoms with van der Waals surface area (Å²) in [7, 11) is 0. The predicted octanol–water partition coefficient (Wildman–Crippen LogP) is 3.34. The van der Waals surface area contributed by atoms with Crippen molar-refractivity contribution >= 4 is 11.3 Å². The van der Waals surface area contributed by atoms with Crippen molar-refractivity contribution in [1.82, 2.24) is 4.98 Å². The Labute approximate surface area is 106 Å². The van der Waals surface area contributed by atoms with Crippen LogP contribution in [0.25, 0.3) is 0 Å². The molecule has 1 aromatic carbocycles. The zero-order valence-electron chi connectivity index (χ0n) is 10.4. The third-order valence-corrected chi connectivity index (χ3v) is 3.97. The minimum Gasteiger partial charge on any atom is -0.387 e. The summed E-state index contributed by atoms with van der Waals surface area (Å²) in [5.74, 6) is 0. The van der Waals surface area contributed by atoms with Gasteiger partial charge in [-0.15, -0.1) is 11.3 Å². The normalized spacial score (nSPS) is 12.7. The molecule has 3 heteroatoms. The quantitative estimate of drug-likeness (QED) is 0.902. The molecule has 2 nitrogen and oxygen atoms in total. The van der Waals surface area contributed by atoms with Crippen LogP contribution < -0.4 is 0 Å². The maximum Gasteiger partial charge on any atom is 0.0941 e. The molecule has 0 aliphatic rings. The van der Waals surface area contributed by atoms with Crippen molar-refractivity contribution in [2.24, 2.45) is 0 Å². The van der Waals surface area contributed by atoms with Crippen LogP contribution >= 0.6 is 11.3 Å². The number of rotatable bonds is 3. The third-order valence-electron chi connectivity index (χ3n) is 2.79. The highest BCUT2D eigenvalue weighted by Gasteiger charge is 2.15. The number of aliphatic hydroxyl groups is 1. The Bertz CT molecular complexity index is 501. The van der Waals surface area contributed by atoms with Gasteiger partial charge in [0, 0.05) is 6.42 Å². The lowest BCUT2D eigenvalue weighted by molar-refractivity contribution is 0.181. The summed E-state index contributed by atoms with van der Waals surface area (Å²) in [6.07, 6.45) is 0.215. The van der Waals surface area contributed by atoms with Crippen LogP contribution in [0.15, 0.2) is 24.3 Å². The zero-order chi connectivity index (χ0) is 12.4. The Morgan fingerprint density at radius 2 is 1.82 bits per heavy atom. The fraction of sp³-hybridized carbons (Fsp3) is 0.357. The monoisotopic (exact) mass is 247 g/mol. The van der Waals surface area contributed by atoms with E-state index in [1.807, 2.05) is 13.8 Å². The van der Waals surface area contributed by atoms with E-state index in [-0.39, 0.29) is 0 Å². The van der Waals surface area contributed by atoms with Gasteiger partial charge in [-0.3, -0.25) is 0 Å². The molecule has 0 saturated heterocycles. The average molecular weight is 247 g/mol. The highest BCUT2D eigenvalue weighted by molar-refractivity contribution is 7.11. The van der Waals surface area contributed by atoms with Gasteiger partial charge in [0.1, 0.15) is 0 Å². The Kier molecular flexibility index (Phi) is 3.60. The van der Waals surface area contributed by atoms with E-state index in [4.69, 9.17) is 0 Å². The van der Waals surface area contributed by atoms with Crippen LogP contribution in [-0.4, -0.2) is 10.1 Å². The van der Waals surface area contributed by atoms with Gasteiger partial charge in [-0.25, -0.2) is 4.98 Å². The molecule has 2 aromatic rings. The van der Waals surface area contributed by atoms with Crippen LogP contribution in [0.4, 0.5) is 0 Å². The Morgan fingerprint density at radius 1 is 1.18 bits per heavy atom. The van der Waals surface area contributed by atoms with Gasteiger partial charge in [-0.1, -0.05) is 29.8 Å². The molecular formula is C14H17NOS. The first-order chi connectivity index (χ1) is 8.06. The first-order valence-corrected chi connectivity index (χ1v) is 6.55. The molecule has 0 aliphatic heterocycles. The molecule has 0 bridgehead atoms. The predicted molar refractivity (Wildman–Crippen MR) is 71.4 cm³/mol. The standard InChI is InChI=1S/C14H17NOS/c1-9-4-6-12(7-5-9)8-13(16)14-10(2)15-11(3)17-14/h4-7,13,16H,8H2,1-3H3. The summed E-state index contributed by atoms with van der Waals surface area (Å²) in [6.45, 7) is 5.99. The minimum atomic E-state index is -0.441. The van der Waals surface area contributed by atoms with Gasteiger partial charge in [0.05, 0.1) is 21.7 Å². The molecule has 0 saturated carbocycles. The third kappa shape index (κ3) is 2.93. The highest BCUT2D eigenvalue weighted by Crippen LogP contribution is 2.27. The van der Waals surface area contributed by atoms with Gasteiger partial charge in [0.25, 0.3) is 0 Å². The van der Waals surface area contributed by atoms with E-state index in [1.54, 1.807) is 11.3 Å². The molecular weight excluding hydrogens is 230 g/mol. The second-order valence-corrected chi connectivity index (χ2v) is 5.62. The molecule has 17 heavy (non-hydrogen) atoms. The number of hydrogen-bond donors (Lipinski definition) is 1. The molecule has 0 radical (unpaired) electrons. The number of hydrogen-bond acceptors (Lipinski definition) is 3. The average Bonchev–Trinajstić information content (AvgIpc) is 2.61. The lowest BCUT2D eigenvalue weighted by Crippen LogP contribution is -2.01. The van der Waals surface area contributed by atoms with Crippen molar-refractivity contribution in [1.29, 1.82) is 0 Å². The van der Waals surface area contributed by atoms with E-state index in [0.717, 1.165) is 21.1 Å². The summed E-state index contributed by atoms with van der Waals surface area (Å²) in [6, 6.07) is 8.29. The molecule has 1 N–H and O–H groups in total. The van der Waals surface area contributed by atoms with E-state index >= 15 is 0 Å². The van der Waals surface area contributed by atoms with Crippen molar-refractivity contribution in [3.8, 4) is 0 Å². The molecule has 1 unspecified atom stereocenters. The SMILES string of the molecule is Cc1ccc(CC(O)c2sc(C)nc2C)cc1. The van der Waals surface area contributed by atoms with Crippen LogP contribution in [0.3, 0.4) is 0 Å². The molecule has 0 spiro atoms. The number of aryl methyl sites for hydroxylation is 3. The molecule has 2 rings (SSSR count). The van der Waals surface area contributed by atoms with Crippen molar-refractivity contribution in [2.45, 2.75) is 33.3 Å². The van der Waals surface area contributed by atoms with E-state index in [0.29, 0.717) is 6.42 Å². The maximum absolute atomic E-state index is 10.2. The maximum atomic E-state index is 10.2. The van der Waals surface area contributed by atoms with Gasteiger partial charge in [-0.2, -0.15) is 0 Å². The van der Waals surface area contributed by atoms with Crippen molar-refractivity contribution < 1.29 is 5.11 Å². The van der Waals surface area contributed by atoms with Gasteiger partial charge in [0.2, 0.25) is 0 Å². The highest BCUT2D eigenvalue weighted by atomic mass is 32.1. The molecule has 0 aliphatic carbocycles. The number of aliphatic hydroxyl groups excluding tert-OH is 1. The molecule has 0 amide bonds. The molecule has 1 heterocycles. The molecule has 1 aromatic heterocycles. The van der Waals surface area contributed by atoms with E-state index < -0.39 is 6.10 Å². The summed E-state index contributed by atoms with van der Waals surface area (Å²) < 4.78 is 0. The fourth-order valence-corrected chi connectivity index (χ4v) is 2.81. The fourth-order valence-electron chi connectivity index (χ4n) is 1.90. The smallest absolute Gasteiger partial charge is 0.0941 e. The van der Waals surface area contributed by atoms with Gasteiger partial charge >= 0.3 is 0 Å². The van der Waals surface area contributed by atoms with E-state index in [1.165, 1.54) is 5.56 Å². The number of nitrogens with zero attached hydrogens (tertiary/aromatic N) is 1. The van der Waals surface area contributed by atoms with Crippen LogP contribution in [0.5, 0.6) is 0 Å². The second kappa shape index (κ2) is 4.98. The van der Waals surface area contributed by atoms with Crippen molar-refractivity contribution in [2.75, 3.05) is 0 Å². The summed E-state index contributed by atoms with van der Waals surface area (Å²) in [5.41, 5.74) is 3.36. The summed E-state index contributed by atoms with van der Waals surface area (Å²) >= 11 is 1.58. The molecule has 90 valence electrons. The van der Waals surface area contributed by atoms with Gasteiger partial charge in [0.15, 0.2) is 0 Å². The van der Waals surface area contributed by atoms with Gasteiger partial charge in [-0.05, 0) is 26.3 Å². The first kappa shape index (κ1) is 12.3. The summed E-state index contributed by atoms with van der Waals surface area (Å²) in [4.78, 5) is 5.34. The van der Waals surface area contributed by atoms with Crippen molar-refractivity contribution in [3.63, 3.8) is 0 Å². The number of thiazole rings is 1. The van der Waals surface area contributed by atoms with E-state index in [9.17, 15) is 5.11 Å². The largest absolute Gasteiger partial charge is 0.387 e. The van der Waals surface area contributed by atoms with Crippen LogP contribution in [0.1, 0.15) is 32.8 Å². The zero-order valence-corrected chi connectivity index (χ0v) is 11.2. The number of benzene rings is 1.